The van der Waals surface area contributed by atoms with E-state index < -0.39 is 11.7 Å². The van der Waals surface area contributed by atoms with Gasteiger partial charge in [0.05, 0.1) is 17.3 Å². The summed E-state index contributed by atoms with van der Waals surface area (Å²) < 4.78 is 18.8. The standard InChI is InChI=1S/C27H29ClFN5O3/c1-37-17-16-34(27(36)20-6-4-7-21(29)18-20)19-26(35)33-13-5-12-32(14-15-33)25-11-10-24(30-31-25)22-8-2-3-9-23(22)28/h2-4,6-11,18H,5,12-17,19H2,1H3. The largest absolute Gasteiger partial charge is 0.383 e. The highest BCUT2D eigenvalue weighted by Gasteiger charge is 2.25. The van der Waals surface area contributed by atoms with Crippen molar-refractivity contribution in [3.63, 3.8) is 0 Å². The highest BCUT2D eigenvalue weighted by molar-refractivity contribution is 6.33. The third-order valence-corrected chi connectivity index (χ3v) is 6.55. The van der Waals surface area contributed by atoms with Crippen LogP contribution in [0.4, 0.5) is 10.2 Å². The summed E-state index contributed by atoms with van der Waals surface area (Å²) in [6.45, 7) is 2.74. The molecule has 0 radical (unpaired) electrons. The van der Waals surface area contributed by atoms with Gasteiger partial charge in [-0.1, -0.05) is 35.9 Å². The number of hydrogen-bond donors (Lipinski definition) is 0. The summed E-state index contributed by atoms with van der Waals surface area (Å²) in [4.78, 5) is 31.4. The molecule has 0 spiro atoms. The van der Waals surface area contributed by atoms with E-state index in [-0.39, 0.29) is 31.2 Å². The summed E-state index contributed by atoms with van der Waals surface area (Å²) in [5.74, 6) is -0.342. The van der Waals surface area contributed by atoms with Gasteiger partial charge in [-0.3, -0.25) is 9.59 Å². The first kappa shape index (κ1) is 26.5. The fourth-order valence-electron chi connectivity index (χ4n) is 4.22. The molecule has 2 amide bonds. The van der Waals surface area contributed by atoms with Crippen molar-refractivity contribution in [3.8, 4) is 11.3 Å². The molecule has 194 valence electrons. The van der Waals surface area contributed by atoms with Gasteiger partial charge in [-0.25, -0.2) is 4.39 Å². The smallest absolute Gasteiger partial charge is 0.254 e. The minimum atomic E-state index is -0.500. The average Bonchev–Trinajstić information content (AvgIpc) is 3.17. The predicted octanol–water partition coefficient (Wildman–Crippen LogP) is 3.76. The number of methoxy groups -OCH3 is 1. The zero-order valence-electron chi connectivity index (χ0n) is 20.6. The second kappa shape index (κ2) is 12.6. The number of hydrogen-bond acceptors (Lipinski definition) is 6. The number of carbonyl (C=O) groups excluding carboxylic acids is 2. The Kier molecular flexibility index (Phi) is 9.03. The summed E-state index contributed by atoms with van der Waals surface area (Å²) in [5.41, 5.74) is 1.71. The van der Waals surface area contributed by atoms with Crippen molar-refractivity contribution in [2.45, 2.75) is 6.42 Å². The molecule has 37 heavy (non-hydrogen) atoms. The zero-order chi connectivity index (χ0) is 26.2. The van der Waals surface area contributed by atoms with Crippen molar-refractivity contribution in [2.24, 2.45) is 0 Å². The number of rotatable bonds is 8. The average molecular weight is 526 g/mol. The van der Waals surface area contributed by atoms with Crippen LogP contribution in [0.5, 0.6) is 0 Å². The van der Waals surface area contributed by atoms with Gasteiger partial charge >= 0.3 is 0 Å². The van der Waals surface area contributed by atoms with Crippen LogP contribution in [0.15, 0.2) is 60.7 Å². The Morgan fingerprint density at radius 1 is 1.03 bits per heavy atom. The third-order valence-electron chi connectivity index (χ3n) is 6.22. The lowest BCUT2D eigenvalue weighted by atomic mass is 10.1. The number of aromatic nitrogens is 2. The molecule has 4 rings (SSSR count). The van der Waals surface area contributed by atoms with E-state index in [9.17, 15) is 14.0 Å². The van der Waals surface area contributed by atoms with Crippen molar-refractivity contribution >= 4 is 29.2 Å². The quantitative estimate of drug-likeness (QED) is 0.445. The van der Waals surface area contributed by atoms with Gasteiger partial charge in [-0.2, -0.15) is 0 Å². The fraction of sp³-hybridized carbons (Fsp3) is 0.333. The maximum Gasteiger partial charge on any atom is 0.254 e. The molecule has 10 heteroatoms. The Bertz CT molecular complexity index is 1230. The molecule has 3 aromatic rings. The van der Waals surface area contributed by atoms with Crippen LogP contribution >= 0.6 is 11.6 Å². The van der Waals surface area contributed by atoms with Gasteiger partial charge in [0.1, 0.15) is 12.4 Å². The van der Waals surface area contributed by atoms with Gasteiger partial charge in [0.15, 0.2) is 5.82 Å². The molecule has 8 nitrogen and oxygen atoms in total. The molecule has 0 bridgehead atoms. The maximum atomic E-state index is 13.7. The molecule has 1 saturated heterocycles. The molecule has 1 aliphatic rings. The number of amides is 2. The summed E-state index contributed by atoms with van der Waals surface area (Å²) >= 11 is 6.28. The van der Waals surface area contributed by atoms with Gasteiger partial charge < -0.3 is 19.4 Å². The molecule has 0 atom stereocenters. The minimum absolute atomic E-state index is 0.106. The predicted molar refractivity (Wildman–Crippen MR) is 140 cm³/mol. The van der Waals surface area contributed by atoms with Gasteiger partial charge in [0.25, 0.3) is 5.91 Å². The topological polar surface area (TPSA) is 78.9 Å². The van der Waals surface area contributed by atoms with Crippen LogP contribution in [0, 0.1) is 5.82 Å². The third kappa shape index (κ3) is 6.81. The van der Waals surface area contributed by atoms with E-state index >= 15 is 0 Å². The summed E-state index contributed by atoms with van der Waals surface area (Å²) in [6.07, 6.45) is 0.746. The summed E-state index contributed by atoms with van der Waals surface area (Å²) in [5, 5.41) is 9.36. The molecule has 1 fully saturated rings. The molecule has 0 N–H and O–H groups in total. The van der Waals surface area contributed by atoms with E-state index in [0.29, 0.717) is 30.4 Å². The van der Waals surface area contributed by atoms with E-state index in [2.05, 4.69) is 15.1 Å². The zero-order valence-corrected chi connectivity index (χ0v) is 21.4. The SMILES string of the molecule is COCCN(CC(=O)N1CCCN(c2ccc(-c3ccccc3Cl)nn2)CC1)C(=O)c1cccc(F)c1. The molecule has 1 aliphatic heterocycles. The van der Waals surface area contributed by atoms with Crippen LogP contribution < -0.4 is 4.90 Å². The van der Waals surface area contributed by atoms with Gasteiger partial charge in [0, 0.05) is 51.0 Å². The lowest BCUT2D eigenvalue weighted by molar-refractivity contribution is -0.131. The second-order valence-corrected chi connectivity index (χ2v) is 9.12. The van der Waals surface area contributed by atoms with E-state index in [1.54, 1.807) is 4.90 Å². The molecule has 0 saturated carbocycles. The van der Waals surface area contributed by atoms with Crippen LogP contribution in [-0.4, -0.2) is 84.8 Å². The molecule has 2 aromatic carbocycles. The first-order chi connectivity index (χ1) is 18.0. The van der Waals surface area contributed by atoms with Crippen molar-refractivity contribution in [1.82, 2.24) is 20.0 Å². The molecular formula is C27H29ClFN5O3. The lowest BCUT2D eigenvalue weighted by Gasteiger charge is -2.27. The van der Waals surface area contributed by atoms with Gasteiger partial charge in [0.2, 0.25) is 5.91 Å². The van der Waals surface area contributed by atoms with Gasteiger partial charge in [-0.15, -0.1) is 10.2 Å². The van der Waals surface area contributed by atoms with Crippen LogP contribution in [0.3, 0.4) is 0 Å². The van der Waals surface area contributed by atoms with Gasteiger partial charge in [-0.05, 0) is 42.8 Å². The van der Waals surface area contributed by atoms with Crippen LogP contribution in [0.1, 0.15) is 16.8 Å². The molecule has 0 unspecified atom stereocenters. The Balaban J connectivity index is 1.38. The van der Waals surface area contributed by atoms with Crippen molar-refractivity contribution < 1.29 is 18.7 Å². The Labute approximate surface area is 220 Å². The van der Waals surface area contributed by atoms with Crippen LogP contribution in [0.25, 0.3) is 11.3 Å². The number of halogens is 2. The molecule has 0 aliphatic carbocycles. The van der Waals surface area contributed by atoms with Crippen molar-refractivity contribution in [3.05, 3.63) is 77.1 Å². The summed E-state index contributed by atoms with van der Waals surface area (Å²) in [7, 11) is 1.53. The fourth-order valence-corrected chi connectivity index (χ4v) is 4.46. The Hall–Kier alpha value is -3.56. The van der Waals surface area contributed by atoms with E-state index in [1.807, 2.05) is 36.4 Å². The molecule has 2 heterocycles. The van der Waals surface area contributed by atoms with Crippen molar-refractivity contribution in [2.75, 3.05) is 57.9 Å². The monoisotopic (exact) mass is 525 g/mol. The second-order valence-electron chi connectivity index (χ2n) is 8.71. The number of benzene rings is 2. The van der Waals surface area contributed by atoms with Crippen molar-refractivity contribution in [1.29, 1.82) is 0 Å². The normalized spacial score (nSPS) is 13.8. The van der Waals surface area contributed by atoms with E-state index in [0.717, 1.165) is 24.3 Å². The molecular weight excluding hydrogens is 497 g/mol. The molecule has 1 aromatic heterocycles. The minimum Gasteiger partial charge on any atom is -0.383 e. The first-order valence-electron chi connectivity index (χ1n) is 12.1. The number of ether oxygens (including phenoxy) is 1. The van der Waals surface area contributed by atoms with E-state index in [1.165, 1.54) is 36.3 Å². The van der Waals surface area contributed by atoms with E-state index in [4.69, 9.17) is 16.3 Å². The number of nitrogens with zero attached hydrogens (tertiary/aromatic N) is 5. The Morgan fingerprint density at radius 3 is 2.59 bits per heavy atom. The highest BCUT2D eigenvalue weighted by Crippen LogP contribution is 2.26. The van der Waals surface area contributed by atoms with Crippen LogP contribution in [-0.2, 0) is 9.53 Å². The Morgan fingerprint density at radius 2 is 1.86 bits per heavy atom. The summed E-state index contributed by atoms with van der Waals surface area (Å²) in [6, 6.07) is 16.8. The van der Waals surface area contributed by atoms with Crippen LogP contribution in [0.2, 0.25) is 5.02 Å². The lowest BCUT2D eigenvalue weighted by Crippen LogP contribution is -2.45. The highest BCUT2D eigenvalue weighted by atomic mass is 35.5. The number of anilines is 1. The number of carbonyl (C=O) groups is 2. The first-order valence-corrected chi connectivity index (χ1v) is 12.5. The maximum absolute atomic E-state index is 13.7.